The lowest BCUT2D eigenvalue weighted by molar-refractivity contribution is -0.110. The van der Waals surface area contributed by atoms with Crippen LogP contribution in [0.5, 0.6) is 0 Å². The molecule has 0 saturated heterocycles. The zero-order chi connectivity index (χ0) is 15.8. The number of alkyl carbamates (subject to hydrolysis) is 1. The summed E-state index contributed by atoms with van der Waals surface area (Å²) in [7, 11) is 0. The first kappa shape index (κ1) is 16.5. The second kappa shape index (κ2) is 7.97. The topological polar surface area (TPSA) is 55.4 Å². The first-order chi connectivity index (χ1) is 10.7. The number of amides is 1. The first-order valence-electron chi connectivity index (χ1n) is 8.16. The summed E-state index contributed by atoms with van der Waals surface area (Å²) in [4.78, 5) is 23.1. The molecule has 0 radical (unpaired) electrons. The molecule has 0 unspecified atom stereocenters. The molecule has 1 aromatic rings. The van der Waals surface area contributed by atoms with Crippen molar-refractivity contribution in [1.29, 1.82) is 0 Å². The van der Waals surface area contributed by atoms with Crippen molar-refractivity contribution in [1.82, 2.24) is 5.32 Å². The van der Waals surface area contributed by atoms with Gasteiger partial charge in [-0.2, -0.15) is 0 Å². The van der Waals surface area contributed by atoms with Crippen LogP contribution in [-0.4, -0.2) is 24.0 Å². The highest BCUT2D eigenvalue weighted by atomic mass is 16.6. The standard InChI is InChI=1S/C18H25NO3/c1-2-3-10-16(14-20)19-17(21)22-18(11-7-12-18)13-15-8-5-4-6-9-15/h4-6,8-9,14,16H,2-3,7,10-13H2,1H3,(H,19,21)/t16-/m0/s1. The number of benzene rings is 1. The molecule has 120 valence electrons. The largest absolute Gasteiger partial charge is 0.443 e. The molecule has 1 aromatic carbocycles. The lowest BCUT2D eigenvalue weighted by Crippen LogP contribution is -2.48. The van der Waals surface area contributed by atoms with Crippen LogP contribution in [0.25, 0.3) is 0 Å². The third kappa shape index (κ3) is 4.58. The van der Waals surface area contributed by atoms with E-state index in [9.17, 15) is 9.59 Å². The molecule has 4 nitrogen and oxygen atoms in total. The van der Waals surface area contributed by atoms with E-state index in [-0.39, 0.29) is 0 Å². The molecule has 1 atom stereocenters. The van der Waals surface area contributed by atoms with Crippen molar-refractivity contribution in [2.45, 2.75) is 63.5 Å². The molecule has 1 fully saturated rings. The van der Waals surface area contributed by atoms with Gasteiger partial charge in [-0.3, -0.25) is 0 Å². The number of hydrogen-bond donors (Lipinski definition) is 1. The van der Waals surface area contributed by atoms with Crippen molar-refractivity contribution in [2.24, 2.45) is 0 Å². The van der Waals surface area contributed by atoms with Crippen LogP contribution >= 0.6 is 0 Å². The summed E-state index contributed by atoms with van der Waals surface area (Å²) in [6.07, 6.45) is 6.49. The van der Waals surface area contributed by atoms with Gasteiger partial charge in [0.25, 0.3) is 0 Å². The molecule has 22 heavy (non-hydrogen) atoms. The third-order valence-electron chi connectivity index (χ3n) is 4.28. The van der Waals surface area contributed by atoms with Gasteiger partial charge in [0.2, 0.25) is 0 Å². The van der Waals surface area contributed by atoms with Crippen molar-refractivity contribution < 1.29 is 14.3 Å². The van der Waals surface area contributed by atoms with Gasteiger partial charge in [-0.1, -0.05) is 50.1 Å². The molecular weight excluding hydrogens is 278 g/mol. The molecule has 0 aromatic heterocycles. The smallest absolute Gasteiger partial charge is 0.408 e. The number of hydrogen-bond acceptors (Lipinski definition) is 3. The summed E-state index contributed by atoms with van der Waals surface area (Å²) in [5.41, 5.74) is 0.775. The van der Waals surface area contributed by atoms with Gasteiger partial charge >= 0.3 is 6.09 Å². The molecule has 1 N–H and O–H groups in total. The monoisotopic (exact) mass is 303 g/mol. The molecule has 1 aliphatic rings. The summed E-state index contributed by atoms with van der Waals surface area (Å²) >= 11 is 0. The summed E-state index contributed by atoms with van der Waals surface area (Å²) < 4.78 is 5.68. The Kier molecular flexibility index (Phi) is 5.99. The fourth-order valence-electron chi connectivity index (χ4n) is 2.83. The molecule has 0 bridgehead atoms. The Morgan fingerprint density at radius 3 is 2.64 bits per heavy atom. The summed E-state index contributed by atoms with van der Waals surface area (Å²) in [6, 6.07) is 9.63. The maximum Gasteiger partial charge on any atom is 0.408 e. The van der Waals surface area contributed by atoms with E-state index in [1.165, 1.54) is 5.56 Å². The van der Waals surface area contributed by atoms with Crippen LogP contribution in [-0.2, 0) is 16.0 Å². The van der Waals surface area contributed by atoms with E-state index in [0.717, 1.165) is 44.8 Å². The van der Waals surface area contributed by atoms with E-state index in [1.54, 1.807) is 0 Å². The lowest BCUT2D eigenvalue weighted by atomic mass is 9.76. The molecule has 0 aliphatic heterocycles. The zero-order valence-corrected chi connectivity index (χ0v) is 13.2. The summed E-state index contributed by atoms with van der Waals surface area (Å²) in [5, 5.41) is 2.68. The van der Waals surface area contributed by atoms with E-state index in [0.29, 0.717) is 6.42 Å². The Balaban J connectivity index is 1.89. The zero-order valence-electron chi connectivity index (χ0n) is 13.2. The van der Waals surface area contributed by atoms with Crippen LogP contribution in [0.4, 0.5) is 4.79 Å². The average Bonchev–Trinajstić information content (AvgIpc) is 2.50. The minimum Gasteiger partial charge on any atom is -0.443 e. The second-order valence-electron chi connectivity index (χ2n) is 6.12. The maximum absolute atomic E-state index is 12.1. The number of carbonyl (C=O) groups excluding carboxylic acids is 2. The lowest BCUT2D eigenvalue weighted by Gasteiger charge is -2.41. The van der Waals surface area contributed by atoms with Crippen LogP contribution in [0.15, 0.2) is 30.3 Å². The number of ether oxygens (including phenoxy) is 1. The van der Waals surface area contributed by atoms with Crippen molar-refractivity contribution in [2.75, 3.05) is 0 Å². The van der Waals surface area contributed by atoms with Crippen LogP contribution in [0.2, 0.25) is 0 Å². The van der Waals surface area contributed by atoms with E-state index in [1.807, 2.05) is 18.2 Å². The minimum absolute atomic E-state index is 0.399. The van der Waals surface area contributed by atoms with Crippen LogP contribution in [0.1, 0.15) is 51.0 Å². The van der Waals surface area contributed by atoms with Crippen molar-refractivity contribution >= 4 is 12.4 Å². The van der Waals surface area contributed by atoms with Crippen molar-refractivity contribution in [3.05, 3.63) is 35.9 Å². The molecule has 0 heterocycles. The number of nitrogens with one attached hydrogen (secondary N) is 1. The quantitative estimate of drug-likeness (QED) is 0.746. The highest BCUT2D eigenvalue weighted by Crippen LogP contribution is 2.38. The van der Waals surface area contributed by atoms with Gasteiger partial charge in [0, 0.05) is 6.42 Å². The van der Waals surface area contributed by atoms with Crippen molar-refractivity contribution in [3.8, 4) is 0 Å². The molecule has 1 amide bonds. The van der Waals surface area contributed by atoms with Gasteiger partial charge in [0.05, 0.1) is 6.04 Å². The molecule has 4 heteroatoms. The Bertz CT molecular complexity index is 482. The fourth-order valence-corrected chi connectivity index (χ4v) is 2.83. The van der Waals surface area contributed by atoms with E-state index >= 15 is 0 Å². The molecule has 1 aliphatic carbocycles. The molecule has 1 saturated carbocycles. The average molecular weight is 303 g/mol. The second-order valence-corrected chi connectivity index (χ2v) is 6.12. The van der Waals surface area contributed by atoms with Gasteiger partial charge in [-0.25, -0.2) is 4.79 Å². The SMILES string of the molecule is CCCC[C@@H](C=O)NC(=O)OC1(Cc2ccccc2)CCC1. The number of aldehydes is 1. The highest BCUT2D eigenvalue weighted by Gasteiger charge is 2.41. The first-order valence-corrected chi connectivity index (χ1v) is 8.16. The minimum atomic E-state index is -0.469. The molecular formula is C18H25NO3. The van der Waals surface area contributed by atoms with Crippen LogP contribution in [0.3, 0.4) is 0 Å². The van der Waals surface area contributed by atoms with Gasteiger partial charge < -0.3 is 14.8 Å². The molecule has 2 rings (SSSR count). The number of rotatable bonds is 8. The summed E-state index contributed by atoms with van der Waals surface area (Å²) in [5.74, 6) is 0. The summed E-state index contributed by atoms with van der Waals surface area (Å²) in [6.45, 7) is 2.06. The Morgan fingerprint density at radius 1 is 1.36 bits per heavy atom. The van der Waals surface area contributed by atoms with E-state index in [2.05, 4.69) is 24.4 Å². The predicted molar refractivity (Wildman–Crippen MR) is 85.7 cm³/mol. The van der Waals surface area contributed by atoms with Crippen LogP contribution in [0, 0.1) is 0 Å². The van der Waals surface area contributed by atoms with Gasteiger partial charge in [-0.05, 0) is 31.2 Å². The Labute approximate surface area is 132 Å². The maximum atomic E-state index is 12.1. The highest BCUT2D eigenvalue weighted by molar-refractivity contribution is 5.73. The van der Waals surface area contributed by atoms with Crippen molar-refractivity contribution in [3.63, 3.8) is 0 Å². The van der Waals surface area contributed by atoms with E-state index in [4.69, 9.17) is 4.74 Å². The number of unbranched alkanes of at least 4 members (excludes halogenated alkanes) is 1. The molecule has 0 spiro atoms. The third-order valence-corrected chi connectivity index (χ3v) is 4.28. The van der Waals surface area contributed by atoms with E-state index < -0.39 is 17.7 Å². The normalized spacial score (nSPS) is 17.1. The van der Waals surface area contributed by atoms with Gasteiger partial charge in [0.15, 0.2) is 0 Å². The van der Waals surface area contributed by atoms with Gasteiger partial charge in [-0.15, -0.1) is 0 Å². The predicted octanol–water partition coefficient (Wildman–Crippen LogP) is 3.64. The Hall–Kier alpha value is -1.84. The Morgan fingerprint density at radius 2 is 2.09 bits per heavy atom. The fraction of sp³-hybridized carbons (Fsp3) is 0.556. The van der Waals surface area contributed by atoms with Crippen LogP contribution < -0.4 is 5.32 Å². The number of carbonyl (C=O) groups is 2. The van der Waals surface area contributed by atoms with Gasteiger partial charge in [0.1, 0.15) is 11.9 Å².